The minimum Gasteiger partial charge on any atom is -0.298 e. The van der Waals surface area contributed by atoms with Crippen LogP contribution in [0, 0.1) is 5.82 Å². The Bertz CT molecular complexity index is 882. The highest BCUT2D eigenvalue weighted by atomic mass is 19.1. The monoisotopic (exact) mass is 361 g/mol. The minimum absolute atomic E-state index is 0.192. The summed E-state index contributed by atoms with van der Waals surface area (Å²) in [4.78, 5) is 11.5. The van der Waals surface area contributed by atoms with Gasteiger partial charge in [-0.2, -0.15) is 0 Å². The van der Waals surface area contributed by atoms with Crippen molar-refractivity contribution in [3.05, 3.63) is 95.3 Å². The number of hydrogen-bond acceptors (Lipinski definition) is 3. The highest BCUT2D eigenvalue weighted by Gasteiger charge is 2.22. The van der Waals surface area contributed by atoms with Gasteiger partial charge in [0, 0.05) is 49.2 Å². The van der Waals surface area contributed by atoms with Crippen molar-refractivity contribution >= 4 is 0 Å². The molecular formula is C23H24FN3. The van der Waals surface area contributed by atoms with Crippen LogP contribution in [-0.4, -0.2) is 28.0 Å². The number of rotatable bonds is 5. The largest absolute Gasteiger partial charge is 0.298 e. The predicted octanol–water partition coefficient (Wildman–Crippen LogP) is 4.59. The number of benzene rings is 1. The minimum atomic E-state index is -0.192. The first kappa shape index (κ1) is 17.8. The van der Waals surface area contributed by atoms with Crippen LogP contribution in [-0.2, 0) is 13.0 Å². The molecular weight excluding hydrogens is 337 g/mol. The average molecular weight is 361 g/mol. The van der Waals surface area contributed by atoms with Crippen molar-refractivity contribution in [3.63, 3.8) is 0 Å². The van der Waals surface area contributed by atoms with Crippen LogP contribution < -0.4 is 0 Å². The van der Waals surface area contributed by atoms with E-state index >= 15 is 0 Å². The van der Waals surface area contributed by atoms with Gasteiger partial charge in [0.2, 0.25) is 0 Å². The van der Waals surface area contributed by atoms with Crippen molar-refractivity contribution < 1.29 is 4.39 Å². The summed E-state index contributed by atoms with van der Waals surface area (Å²) in [5.74, 6) is 0.260. The quantitative estimate of drug-likeness (QED) is 0.666. The molecule has 0 unspecified atom stereocenters. The van der Waals surface area contributed by atoms with Gasteiger partial charge in [0.05, 0.1) is 0 Å². The molecule has 4 rings (SSSR count). The molecule has 0 aliphatic carbocycles. The Kier molecular flexibility index (Phi) is 5.54. The molecule has 3 nitrogen and oxygen atoms in total. The normalized spacial score (nSPS) is 17.7. The van der Waals surface area contributed by atoms with Crippen molar-refractivity contribution in [2.45, 2.75) is 31.7 Å². The fraction of sp³-hybridized carbons (Fsp3) is 0.304. The van der Waals surface area contributed by atoms with Crippen LogP contribution >= 0.6 is 0 Å². The lowest BCUT2D eigenvalue weighted by Gasteiger charge is -2.32. The maximum atomic E-state index is 13.4. The fourth-order valence-corrected chi connectivity index (χ4v) is 3.87. The second-order valence-electron chi connectivity index (χ2n) is 7.29. The molecule has 27 heavy (non-hydrogen) atoms. The molecule has 1 saturated heterocycles. The molecule has 1 aromatic carbocycles. The third kappa shape index (κ3) is 4.77. The van der Waals surface area contributed by atoms with Crippen LogP contribution in [0.25, 0.3) is 0 Å². The summed E-state index contributed by atoms with van der Waals surface area (Å²) in [5.41, 5.74) is 4.42. The Labute approximate surface area is 159 Å². The number of halogens is 1. The second-order valence-corrected chi connectivity index (χ2v) is 7.29. The molecule has 3 heterocycles. The van der Waals surface area contributed by atoms with E-state index in [2.05, 4.69) is 34.1 Å². The average Bonchev–Trinajstić information content (AvgIpc) is 2.69. The van der Waals surface area contributed by atoms with Crippen LogP contribution in [0.3, 0.4) is 0 Å². The van der Waals surface area contributed by atoms with Gasteiger partial charge in [-0.05, 0) is 66.9 Å². The molecule has 0 N–H and O–H groups in total. The molecule has 0 amide bonds. The summed E-state index contributed by atoms with van der Waals surface area (Å²) in [6, 6.07) is 17.2. The Hall–Kier alpha value is -2.59. The number of pyridine rings is 2. The van der Waals surface area contributed by atoms with E-state index < -0.39 is 0 Å². The number of hydrogen-bond donors (Lipinski definition) is 0. The molecule has 0 saturated carbocycles. The van der Waals surface area contributed by atoms with Gasteiger partial charge >= 0.3 is 0 Å². The first-order valence-electron chi connectivity index (χ1n) is 9.58. The summed E-state index contributed by atoms with van der Waals surface area (Å²) in [5, 5.41) is 0. The summed E-state index contributed by atoms with van der Waals surface area (Å²) in [7, 11) is 0. The van der Waals surface area contributed by atoms with Gasteiger partial charge in [0.15, 0.2) is 0 Å². The number of aromatic nitrogens is 2. The van der Waals surface area contributed by atoms with Gasteiger partial charge in [-0.3, -0.25) is 14.9 Å². The third-order valence-electron chi connectivity index (χ3n) is 5.18. The molecule has 1 atom stereocenters. The molecule has 0 bridgehead atoms. The van der Waals surface area contributed by atoms with Gasteiger partial charge in [0.25, 0.3) is 0 Å². The highest BCUT2D eigenvalue weighted by Crippen LogP contribution is 2.27. The van der Waals surface area contributed by atoms with E-state index in [9.17, 15) is 4.39 Å². The lowest BCUT2D eigenvalue weighted by molar-refractivity contribution is 0.198. The zero-order chi connectivity index (χ0) is 18.5. The molecule has 0 radical (unpaired) electrons. The van der Waals surface area contributed by atoms with Crippen molar-refractivity contribution in [1.82, 2.24) is 14.9 Å². The van der Waals surface area contributed by atoms with Gasteiger partial charge in [-0.15, -0.1) is 0 Å². The lowest BCUT2D eigenvalue weighted by atomic mass is 9.93. The predicted molar refractivity (Wildman–Crippen MR) is 105 cm³/mol. The number of likely N-dealkylation sites (tertiary alicyclic amines) is 1. The van der Waals surface area contributed by atoms with Gasteiger partial charge in [0.1, 0.15) is 5.82 Å². The molecule has 3 aromatic rings. The van der Waals surface area contributed by atoms with Crippen LogP contribution in [0.4, 0.5) is 4.39 Å². The van der Waals surface area contributed by atoms with E-state index in [1.807, 2.05) is 24.5 Å². The van der Waals surface area contributed by atoms with Crippen molar-refractivity contribution in [2.75, 3.05) is 13.1 Å². The Morgan fingerprint density at radius 2 is 1.85 bits per heavy atom. The maximum Gasteiger partial charge on any atom is 0.123 e. The zero-order valence-corrected chi connectivity index (χ0v) is 15.4. The fourth-order valence-electron chi connectivity index (χ4n) is 3.87. The Morgan fingerprint density at radius 1 is 1.00 bits per heavy atom. The van der Waals surface area contributed by atoms with Crippen molar-refractivity contribution in [1.29, 1.82) is 0 Å². The smallest absolute Gasteiger partial charge is 0.123 e. The molecule has 1 aliphatic rings. The Morgan fingerprint density at radius 3 is 2.70 bits per heavy atom. The zero-order valence-electron chi connectivity index (χ0n) is 15.4. The molecule has 4 heteroatoms. The van der Waals surface area contributed by atoms with Gasteiger partial charge in [-0.25, -0.2) is 4.39 Å². The number of nitrogens with zero attached hydrogens (tertiary/aromatic N) is 3. The second kappa shape index (κ2) is 8.40. The number of piperidine rings is 1. The van der Waals surface area contributed by atoms with Crippen LogP contribution in [0.15, 0.2) is 67.0 Å². The SMILES string of the molecule is Fc1cccc(Cc2cccc([C@H]3CCCN(Cc4ccncc4)C3)n2)c1. The van der Waals surface area contributed by atoms with E-state index in [0.29, 0.717) is 12.3 Å². The van der Waals surface area contributed by atoms with E-state index in [4.69, 9.17) is 4.98 Å². The molecule has 1 fully saturated rings. The molecule has 1 aliphatic heterocycles. The van der Waals surface area contributed by atoms with Gasteiger partial charge < -0.3 is 0 Å². The highest BCUT2D eigenvalue weighted by molar-refractivity contribution is 5.24. The maximum absolute atomic E-state index is 13.4. The summed E-state index contributed by atoms with van der Waals surface area (Å²) in [6.07, 6.45) is 6.73. The lowest BCUT2D eigenvalue weighted by Crippen LogP contribution is -2.34. The molecule has 138 valence electrons. The van der Waals surface area contributed by atoms with Crippen LogP contribution in [0.1, 0.15) is 41.3 Å². The first-order chi connectivity index (χ1) is 13.3. The summed E-state index contributed by atoms with van der Waals surface area (Å²) < 4.78 is 13.4. The van der Waals surface area contributed by atoms with Crippen molar-refractivity contribution in [3.8, 4) is 0 Å². The van der Waals surface area contributed by atoms with Crippen LogP contribution in [0.2, 0.25) is 0 Å². The standard InChI is InChI=1S/C23H24FN3/c24-21-6-1-4-19(14-21)15-22-7-2-8-23(26-22)20-5-3-13-27(17-20)16-18-9-11-25-12-10-18/h1-2,4,6-12,14,20H,3,5,13,15-17H2/t20-/m0/s1. The van der Waals surface area contributed by atoms with E-state index in [1.165, 1.54) is 24.5 Å². The third-order valence-corrected chi connectivity index (χ3v) is 5.18. The molecule has 2 aromatic heterocycles. The molecule has 0 spiro atoms. The van der Waals surface area contributed by atoms with Crippen LogP contribution in [0.5, 0.6) is 0 Å². The summed E-state index contributed by atoms with van der Waals surface area (Å²) >= 11 is 0. The van der Waals surface area contributed by atoms with E-state index in [-0.39, 0.29) is 5.82 Å². The summed E-state index contributed by atoms with van der Waals surface area (Å²) in [6.45, 7) is 3.11. The van der Waals surface area contributed by atoms with Crippen molar-refractivity contribution in [2.24, 2.45) is 0 Å². The first-order valence-corrected chi connectivity index (χ1v) is 9.58. The van der Waals surface area contributed by atoms with E-state index in [1.54, 1.807) is 12.1 Å². The van der Waals surface area contributed by atoms with Gasteiger partial charge in [-0.1, -0.05) is 18.2 Å². The van der Waals surface area contributed by atoms with E-state index in [0.717, 1.165) is 36.6 Å². The topological polar surface area (TPSA) is 29.0 Å². The Balaban J connectivity index is 1.44.